The monoisotopic (exact) mass is 333 g/mol. The van der Waals surface area contributed by atoms with Gasteiger partial charge in [0.25, 0.3) is 0 Å². The van der Waals surface area contributed by atoms with Crippen molar-refractivity contribution in [3.63, 3.8) is 0 Å². The van der Waals surface area contributed by atoms with Gasteiger partial charge in [0.05, 0.1) is 6.20 Å². The molecule has 23 heavy (non-hydrogen) atoms. The number of aryl methyl sites for hydroxylation is 1. The van der Waals surface area contributed by atoms with Crippen LogP contribution in [0.5, 0.6) is 0 Å². The van der Waals surface area contributed by atoms with E-state index in [0.717, 1.165) is 37.0 Å². The summed E-state index contributed by atoms with van der Waals surface area (Å²) >= 11 is 5.93. The Kier molecular flexibility index (Phi) is 4.71. The number of piperazine rings is 1. The molecule has 1 aliphatic rings. The molecular formula is C16H20ClN5O. The van der Waals surface area contributed by atoms with Crippen LogP contribution in [-0.4, -0.2) is 42.0 Å². The second-order valence-electron chi connectivity index (χ2n) is 5.47. The zero-order chi connectivity index (χ0) is 16.2. The van der Waals surface area contributed by atoms with Gasteiger partial charge < -0.3 is 20.0 Å². The molecule has 7 heteroatoms. The van der Waals surface area contributed by atoms with Gasteiger partial charge in [0, 0.05) is 43.8 Å². The first-order valence-corrected chi connectivity index (χ1v) is 7.96. The molecule has 0 unspecified atom stereocenters. The molecular weight excluding hydrogens is 314 g/mol. The summed E-state index contributed by atoms with van der Waals surface area (Å²) in [6, 6.07) is 7.92. The van der Waals surface area contributed by atoms with Gasteiger partial charge in [0.1, 0.15) is 12.3 Å². The van der Waals surface area contributed by atoms with Gasteiger partial charge in [-0.15, -0.1) is 0 Å². The molecule has 3 rings (SSSR count). The number of nitrogens with zero attached hydrogens (tertiary/aromatic N) is 4. The highest BCUT2D eigenvalue weighted by atomic mass is 35.5. The topological polar surface area (TPSA) is 70.9 Å². The van der Waals surface area contributed by atoms with E-state index in [-0.39, 0.29) is 0 Å². The summed E-state index contributed by atoms with van der Waals surface area (Å²) in [7, 11) is 0. The summed E-state index contributed by atoms with van der Waals surface area (Å²) in [5.41, 5.74) is 7.27. The quantitative estimate of drug-likeness (QED) is 0.689. The lowest BCUT2D eigenvalue weighted by atomic mass is 10.2. The number of anilines is 1. The number of aromatic nitrogens is 1. The van der Waals surface area contributed by atoms with Crippen LogP contribution in [0.2, 0.25) is 5.02 Å². The molecule has 0 radical (unpaired) electrons. The molecule has 0 saturated carbocycles. The van der Waals surface area contributed by atoms with Crippen LogP contribution in [0.25, 0.3) is 0 Å². The smallest absolute Gasteiger partial charge is 0.191 e. The van der Waals surface area contributed by atoms with Crippen molar-refractivity contribution in [1.29, 1.82) is 0 Å². The molecule has 0 amide bonds. The highest BCUT2D eigenvalue weighted by Crippen LogP contribution is 2.19. The number of hydrogen-bond donors (Lipinski definition) is 1. The fourth-order valence-electron chi connectivity index (χ4n) is 2.58. The van der Waals surface area contributed by atoms with Crippen LogP contribution in [-0.2, 0) is 6.54 Å². The van der Waals surface area contributed by atoms with Crippen LogP contribution < -0.4 is 10.6 Å². The van der Waals surface area contributed by atoms with E-state index in [1.165, 1.54) is 5.69 Å². The molecule has 122 valence electrons. The molecule has 0 aliphatic carbocycles. The maximum atomic E-state index is 6.08. The number of hydrogen-bond acceptors (Lipinski definition) is 4. The molecule has 1 aromatic heterocycles. The maximum absolute atomic E-state index is 6.08. The van der Waals surface area contributed by atoms with Crippen molar-refractivity contribution in [3.05, 3.63) is 47.1 Å². The van der Waals surface area contributed by atoms with Gasteiger partial charge in [-0.05, 0) is 24.3 Å². The summed E-state index contributed by atoms with van der Waals surface area (Å²) in [4.78, 5) is 12.9. The van der Waals surface area contributed by atoms with Crippen LogP contribution in [0.3, 0.4) is 0 Å². The molecule has 0 bridgehead atoms. The predicted molar refractivity (Wildman–Crippen MR) is 91.8 cm³/mol. The van der Waals surface area contributed by atoms with Crippen molar-refractivity contribution in [2.24, 2.45) is 10.7 Å². The van der Waals surface area contributed by atoms with E-state index in [2.05, 4.69) is 19.8 Å². The Bertz CT molecular complexity index is 674. The number of benzene rings is 1. The molecule has 2 N–H and O–H groups in total. The van der Waals surface area contributed by atoms with E-state index in [4.69, 9.17) is 21.8 Å². The minimum atomic E-state index is 0.421. The fourth-order valence-corrected chi connectivity index (χ4v) is 2.71. The number of guanidine groups is 1. The van der Waals surface area contributed by atoms with Gasteiger partial charge in [-0.1, -0.05) is 11.6 Å². The Morgan fingerprint density at radius 2 is 1.96 bits per heavy atom. The third-order valence-electron chi connectivity index (χ3n) is 3.86. The lowest BCUT2D eigenvalue weighted by Crippen LogP contribution is -2.51. The zero-order valence-electron chi connectivity index (χ0n) is 13.1. The van der Waals surface area contributed by atoms with Gasteiger partial charge in [-0.3, -0.25) is 0 Å². The lowest BCUT2D eigenvalue weighted by molar-refractivity contribution is 0.379. The van der Waals surface area contributed by atoms with Crippen molar-refractivity contribution < 1.29 is 4.42 Å². The van der Waals surface area contributed by atoms with Crippen LogP contribution in [0.15, 0.2) is 39.9 Å². The molecule has 1 aliphatic heterocycles. The number of halogens is 1. The number of oxazole rings is 1. The summed E-state index contributed by atoms with van der Waals surface area (Å²) < 4.78 is 5.39. The minimum absolute atomic E-state index is 0.421. The molecule has 2 aromatic rings. The first-order chi connectivity index (χ1) is 11.1. The Hall–Kier alpha value is -2.21. The largest absolute Gasteiger partial charge is 0.444 e. The Labute approximate surface area is 140 Å². The zero-order valence-corrected chi connectivity index (χ0v) is 13.8. The van der Waals surface area contributed by atoms with Gasteiger partial charge in [-0.2, -0.15) is 0 Å². The second kappa shape index (κ2) is 6.91. The van der Waals surface area contributed by atoms with Gasteiger partial charge in [0.2, 0.25) is 0 Å². The number of aliphatic imine (C=N–C) groups is 1. The van der Waals surface area contributed by atoms with Crippen molar-refractivity contribution >= 4 is 23.2 Å². The van der Waals surface area contributed by atoms with Crippen molar-refractivity contribution in [2.45, 2.75) is 13.5 Å². The van der Waals surface area contributed by atoms with Crippen LogP contribution >= 0.6 is 11.6 Å². The highest BCUT2D eigenvalue weighted by molar-refractivity contribution is 6.30. The average molecular weight is 334 g/mol. The van der Waals surface area contributed by atoms with E-state index in [1.807, 2.05) is 31.2 Å². The van der Waals surface area contributed by atoms with Crippen molar-refractivity contribution in [2.75, 3.05) is 31.1 Å². The van der Waals surface area contributed by atoms with E-state index >= 15 is 0 Å². The number of rotatable bonds is 3. The van der Waals surface area contributed by atoms with Gasteiger partial charge >= 0.3 is 0 Å². The maximum Gasteiger partial charge on any atom is 0.191 e. The van der Waals surface area contributed by atoms with Gasteiger partial charge in [-0.25, -0.2) is 9.98 Å². The third kappa shape index (κ3) is 3.96. The number of nitrogens with two attached hydrogens (primary N) is 1. The summed E-state index contributed by atoms with van der Waals surface area (Å²) in [6.07, 6.45) is 1.69. The average Bonchev–Trinajstić information content (AvgIpc) is 2.99. The second-order valence-corrected chi connectivity index (χ2v) is 5.91. The Morgan fingerprint density at radius 3 is 2.57 bits per heavy atom. The lowest BCUT2D eigenvalue weighted by Gasteiger charge is -2.36. The third-order valence-corrected chi connectivity index (χ3v) is 4.11. The molecule has 1 saturated heterocycles. The molecule has 0 spiro atoms. The first-order valence-electron chi connectivity index (χ1n) is 7.58. The van der Waals surface area contributed by atoms with Crippen LogP contribution in [0.4, 0.5) is 5.69 Å². The molecule has 0 atom stereocenters. The van der Waals surface area contributed by atoms with Crippen molar-refractivity contribution in [1.82, 2.24) is 9.88 Å². The fraction of sp³-hybridized carbons (Fsp3) is 0.375. The Balaban J connectivity index is 1.54. The Morgan fingerprint density at radius 1 is 1.26 bits per heavy atom. The molecule has 1 fully saturated rings. The van der Waals surface area contributed by atoms with Crippen LogP contribution in [0, 0.1) is 6.92 Å². The SMILES string of the molecule is Cc1ncc(CN=C(N)N2CCN(c3ccc(Cl)cc3)CC2)o1. The molecule has 1 aromatic carbocycles. The molecule has 6 nitrogen and oxygen atoms in total. The van der Waals surface area contributed by atoms with Crippen LogP contribution in [0.1, 0.15) is 11.7 Å². The normalized spacial score (nSPS) is 16.0. The summed E-state index contributed by atoms with van der Waals surface area (Å²) in [5, 5.41) is 0.756. The van der Waals surface area contributed by atoms with Gasteiger partial charge in [0.15, 0.2) is 11.9 Å². The first kappa shape index (κ1) is 15.7. The van der Waals surface area contributed by atoms with E-state index in [0.29, 0.717) is 18.4 Å². The summed E-state index contributed by atoms with van der Waals surface area (Å²) in [5.74, 6) is 1.92. The van der Waals surface area contributed by atoms with Crippen molar-refractivity contribution in [3.8, 4) is 0 Å². The van der Waals surface area contributed by atoms with E-state index < -0.39 is 0 Å². The summed E-state index contributed by atoms with van der Waals surface area (Å²) in [6.45, 7) is 5.72. The standard InChI is InChI=1S/C16H20ClN5O/c1-12-19-10-15(23-12)11-20-16(18)22-8-6-21(7-9-22)14-4-2-13(17)3-5-14/h2-5,10H,6-9,11H2,1H3,(H2,18,20). The highest BCUT2D eigenvalue weighted by Gasteiger charge is 2.18. The van der Waals surface area contributed by atoms with E-state index in [9.17, 15) is 0 Å². The molecule has 2 heterocycles. The predicted octanol–water partition coefficient (Wildman–Crippen LogP) is 2.27. The minimum Gasteiger partial charge on any atom is -0.444 e. The van der Waals surface area contributed by atoms with E-state index in [1.54, 1.807) is 6.20 Å².